The number of para-hydroxylation sites is 2. The van der Waals surface area contributed by atoms with E-state index in [2.05, 4.69) is 5.32 Å². The van der Waals surface area contributed by atoms with Gasteiger partial charge < -0.3 is 9.73 Å². The summed E-state index contributed by atoms with van der Waals surface area (Å²) in [5.74, 6) is -0.802. The summed E-state index contributed by atoms with van der Waals surface area (Å²) < 4.78 is 6.55. The van der Waals surface area contributed by atoms with Crippen LogP contribution in [0.5, 0.6) is 0 Å². The highest BCUT2D eigenvalue weighted by Crippen LogP contribution is 2.22. The van der Waals surface area contributed by atoms with E-state index in [4.69, 9.17) is 4.42 Å². The van der Waals surface area contributed by atoms with Crippen molar-refractivity contribution in [3.63, 3.8) is 0 Å². The van der Waals surface area contributed by atoms with Crippen LogP contribution in [0.4, 0.5) is 0 Å². The zero-order valence-corrected chi connectivity index (χ0v) is 14.5. The molecule has 1 N–H and O–H groups in total. The van der Waals surface area contributed by atoms with E-state index >= 15 is 0 Å². The van der Waals surface area contributed by atoms with Crippen LogP contribution >= 0.6 is 0 Å². The summed E-state index contributed by atoms with van der Waals surface area (Å²) >= 11 is 0. The molecule has 1 heterocycles. The van der Waals surface area contributed by atoms with Crippen molar-refractivity contribution in [2.45, 2.75) is 12.6 Å². The smallest absolute Gasteiger partial charge is 0.408 e. The number of carbonyl (C=O) groups is 1. The van der Waals surface area contributed by atoms with Crippen molar-refractivity contribution in [3.05, 3.63) is 107 Å². The van der Waals surface area contributed by atoms with Crippen molar-refractivity contribution >= 4 is 17.0 Å². The van der Waals surface area contributed by atoms with Gasteiger partial charge in [-0.2, -0.15) is 0 Å². The fourth-order valence-corrected chi connectivity index (χ4v) is 3.16. The number of carbonyl (C=O) groups excluding carboxylic acids is 1. The van der Waals surface area contributed by atoms with Gasteiger partial charge in [0, 0.05) is 0 Å². The van der Waals surface area contributed by atoms with Crippen LogP contribution in [0, 0.1) is 0 Å². The fourth-order valence-electron chi connectivity index (χ4n) is 3.16. The molecule has 0 atom stereocenters. The Morgan fingerprint density at radius 2 is 1.41 bits per heavy atom. The van der Waals surface area contributed by atoms with Gasteiger partial charge >= 0.3 is 5.76 Å². The molecule has 1 aromatic heterocycles. The maximum atomic E-state index is 12.8. The summed E-state index contributed by atoms with van der Waals surface area (Å²) in [6, 6.07) is 26.3. The number of aromatic nitrogens is 1. The number of oxazole rings is 1. The second-order valence-electron chi connectivity index (χ2n) is 6.24. The first-order chi connectivity index (χ1) is 13.2. The number of fused-ring (bicyclic) bond motifs is 1. The summed E-state index contributed by atoms with van der Waals surface area (Å²) in [6.07, 6.45) is 0. The van der Waals surface area contributed by atoms with E-state index in [1.54, 1.807) is 18.2 Å². The Labute approximate surface area is 155 Å². The van der Waals surface area contributed by atoms with Crippen molar-refractivity contribution in [3.8, 4) is 0 Å². The molecule has 0 aliphatic rings. The number of benzene rings is 3. The van der Waals surface area contributed by atoms with Crippen LogP contribution in [0.2, 0.25) is 0 Å². The van der Waals surface area contributed by atoms with Gasteiger partial charge in [0.05, 0.1) is 11.6 Å². The van der Waals surface area contributed by atoms with Crippen LogP contribution < -0.4 is 11.1 Å². The van der Waals surface area contributed by atoms with Crippen LogP contribution in [0.15, 0.2) is 94.1 Å². The number of hydrogen-bond acceptors (Lipinski definition) is 3. The lowest BCUT2D eigenvalue weighted by atomic mass is 9.99. The SMILES string of the molecule is O=C(Cn1c(=O)oc2ccccc21)NC(c1ccccc1)c1ccccc1. The van der Waals surface area contributed by atoms with Gasteiger partial charge in [0.1, 0.15) is 6.54 Å². The normalized spacial score (nSPS) is 11.0. The minimum absolute atomic E-state index is 0.105. The lowest BCUT2D eigenvalue weighted by Gasteiger charge is -2.20. The molecule has 0 saturated carbocycles. The van der Waals surface area contributed by atoms with E-state index in [9.17, 15) is 9.59 Å². The van der Waals surface area contributed by atoms with E-state index in [0.29, 0.717) is 11.1 Å². The van der Waals surface area contributed by atoms with E-state index in [0.717, 1.165) is 11.1 Å². The molecule has 27 heavy (non-hydrogen) atoms. The minimum atomic E-state index is -0.540. The van der Waals surface area contributed by atoms with Crippen molar-refractivity contribution < 1.29 is 9.21 Å². The van der Waals surface area contributed by atoms with Gasteiger partial charge in [-0.15, -0.1) is 0 Å². The average Bonchev–Trinajstić information content (AvgIpc) is 3.03. The molecule has 4 rings (SSSR count). The standard InChI is InChI=1S/C22H18N2O3/c25-20(15-24-18-13-7-8-14-19(18)27-22(24)26)23-21(16-9-3-1-4-10-16)17-11-5-2-6-12-17/h1-14,21H,15H2,(H,23,25). The highest BCUT2D eigenvalue weighted by atomic mass is 16.4. The third-order valence-electron chi connectivity index (χ3n) is 4.45. The molecule has 134 valence electrons. The second-order valence-corrected chi connectivity index (χ2v) is 6.24. The molecule has 0 saturated heterocycles. The third-order valence-corrected chi connectivity index (χ3v) is 4.45. The van der Waals surface area contributed by atoms with Gasteiger partial charge in [0.25, 0.3) is 0 Å². The molecule has 5 heteroatoms. The molecular weight excluding hydrogens is 340 g/mol. The van der Waals surface area contributed by atoms with E-state index in [-0.39, 0.29) is 18.5 Å². The van der Waals surface area contributed by atoms with Gasteiger partial charge in [0.15, 0.2) is 5.58 Å². The molecule has 0 aliphatic carbocycles. The van der Waals surface area contributed by atoms with E-state index < -0.39 is 5.76 Å². The summed E-state index contributed by atoms with van der Waals surface area (Å²) in [6.45, 7) is -0.105. The molecular formula is C22H18N2O3. The first kappa shape index (κ1) is 16.8. The largest absolute Gasteiger partial charge is 0.420 e. The molecule has 1 amide bonds. The Hall–Kier alpha value is -3.60. The van der Waals surface area contributed by atoms with Crippen molar-refractivity contribution in [1.29, 1.82) is 0 Å². The maximum Gasteiger partial charge on any atom is 0.420 e. The highest BCUT2D eigenvalue weighted by molar-refractivity contribution is 5.80. The number of rotatable bonds is 5. The summed E-state index contributed by atoms with van der Waals surface area (Å²) in [7, 11) is 0. The second kappa shape index (κ2) is 7.33. The number of nitrogens with one attached hydrogen (secondary N) is 1. The molecule has 0 spiro atoms. The van der Waals surface area contributed by atoms with Crippen LogP contribution in [-0.2, 0) is 11.3 Å². The Morgan fingerprint density at radius 3 is 2.04 bits per heavy atom. The molecule has 0 fully saturated rings. The average molecular weight is 358 g/mol. The molecule has 0 unspecified atom stereocenters. The predicted octanol–water partition coefficient (Wildman–Crippen LogP) is 3.50. The van der Waals surface area contributed by atoms with Crippen LogP contribution in [0.1, 0.15) is 17.2 Å². The number of nitrogens with zero attached hydrogens (tertiary/aromatic N) is 1. The lowest BCUT2D eigenvalue weighted by molar-refractivity contribution is -0.122. The summed E-state index contributed by atoms with van der Waals surface area (Å²) in [4.78, 5) is 24.9. The number of amides is 1. The zero-order valence-electron chi connectivity index (χ0n) is 14.5. The monoisotopic (exact) mass is 358 g/mol. The van der Waals surface area contributed by atoms with E-state index in [1.165, 1.54) is 4.57 Å². The van der Waals surface area contributed by atoms with Gasteiger partial charge in [-0.05, 0) is 23.3 Å². The molecule has 0 radical (unpaired) electrons. The third kappa shape index (κ3) is 3.53. The topological polar surface area (TPSA) is 64.2 Å². The highest BCUT2D eigenvalue weighted by Gasteiger charge is 2.18. The quantitative estimate of drug-likeness (QED) is 0.594. The first-order valence-corrected chi connectivity index (χ1v) is 8.70. The summed E-state index contributed by atoms with van der Waals surface area (Å²) in [5, 5.41) is 3.04. The first-order valence-electron chi connectivity index (χ1n) is 8.70. The fraction of sp³-hybridized carbons (Fsp3) is 0.0909. The lowest BCUT2D eigenvalue weighted by Crippen LogP contribution is -2.34. The predicted molar refractivity (Wildman–Crippen MR) is 103 cm³/mol. The van der Waals surface area contributed by atoms with Crippen molar-refractivity contribution in [2.24, 2.45) is 0 Å². The van der Waals surface area contributed by atoms with Crippen LogP contribution in [0.25, 0.3) is 11.1 Å². The Bertz CT molecular complexity index is 1070. The molecule has 0 bridgehead atoms. The molecule has 3 aromatic carbocycles. The van der Waals surface area contributed by atoms with Gasteiger partial charge in [-0.1, -0.05) is 72.8 Å². The van der Waals surface area contributed by atoms with Gasteiger partial charge in [-0.25, -0.2) is 4.79 Å². The zero-order chi connectivity index (χ0) is 18.6. The van der Waals surface area contributed by atoms with Crippen molar-refractivity contribution in [2.75, 3.05) is 0 Å². The Morgan fingerprint density at radius 1 is 0.852 bits per heavy atom. The van der Waals surface area contributed by atoms with E-state index in [1.807, 2.05) is 66.7 Å². The molecule has 4 aromatic rings. The Balaban J connectivity index is 1.62. The Kier molecular flexibility index (Phi) is 4.58. The van der Waals surface area contributed by atoms with Gasteiger partial charge in [0.2, 0.25) is 5.91 Å². The number of hydrogen-bond donors (Lipinski definition) is 1. The van der Waals surface area contributed by atoms with Gasteiger partial charge in [-0.3, -0.25) is 9.36 Å². The minimum Gasteiger partial charge on any atom is -0.408 e. The molecule has 0 aliphatic heterocycles. The van der Waals surface area contributed by atoms with Crippen molar-refractivity contribution in [1.82, 2.24) is 9.88 Å². The summed E-state index contributed by atoms with van der Waals surface area (Å²) in [5.41, 5.74) is 3.02. The van der Waals surface area contributed by atoms with Crippen LogP contribution in [-0.4, -0.2) is 10.5 Å². The van der Waals surface area contributed by atoms with Crippen LogP contribution in [0.3, 0.4) is 0 Å². The molecule has 5 nitrogen and oxygen atoms in total. The maximum absolute atomic E-state index is 12.8.